The normalized spacial score (nSPS) is 19.4. The first-order valence-electron chi connectivity index (χ1n) is 11.1. The number of rotatable bonds is 10. The summed E-state index contributed by atoms with van der Waals surface area (Å²) in [5.74, 6) is 0.599. The molecule has 2 N–H and O–H groups in total. The van der Waals surface area contributed by atoms with E-state index >= 15 is 0 Å². The van der Waals surface area contributed by atoms with E-state index in [1.54, 1.807) is 0 Å². The van der Waals surface area contributed by atoms with Gasteiger partial charge in [-0.25, -0.2) is 9.78 Å². The molecule has 9 nitrogen and oxygen atoms in total. The summed E-state index contributed by atoms with van der Waals surface area (Å²) >= 11 is 0. The van der Waals surface area contributed by atoms with Crippen molar-refractivity contribution in [2.45, 2.75) is 57.7 Å². The molecule has 31 heavy (non-hydrogen) atoms. The predicted octanol–water partition coefficient (Wildman–Crippen LogP) is 1.81. The maximum absolute atomic E-state index is 13.3. The van der Waals surface area contributed by atoms with E-state index in [0.29, 0.717) is 38.6 Å². The van der Waals surface area contributed by atoms with E-state index < -0.39 is 12.2 Å². The number of nitrogens with one attached hydrogen (secondary N) is 2. The molecule has 0 spiro atoms. The van der Waals surface area contributed by atoms with Crippen molar-refractivity contribution < 1.29 is 23.8 Å². The molecule has 1 aliphatic carbocycles. The minimum absolute atomic E-state index is 0.0424. The van der Waals surface area contributed by atoms with Crippen LogP contribution in [0.3, 0.4) is 0 Å². The third-order valence-electron chi connectivity index (χ3n) is 5.53. The van der Waals surface area contributed by atoms with Gasteiger partial charge < -0.3 is 29.7 Å². The monoisotopic (exact) mass is 434 g/mol. The Morgan fingerprint density at radius 1 is 1.39 bits per heavy atom. The van der Waals surface area contributed by atoms with Gasteiger partial charge in [0.05, 0.1) is 26.4 Å². The molecule has 1 aromatic heterocycles. The van der Waals surface area contributed by atoms with Crippen LogP contribution >= 0.6 is 0 Å². The van der Waals surface area contributed by atoms with Crippen LogP contribution in [-0.2, 0) is 20.7 Å². The number of hydrogen-bond donors (Lipinski definition) is 2. The number of ether oxygens (including phenoxy) is 3. The van der Waals surface area contributed by atoms with E-state index in [9.17, 15) is 9.59 Å². The Labute approximate surface area is 183 Å². The number of methoxy groups -OCH3 is 1. The average Bonchev–Trinajstić information content (AvgIpc) is 3.62. The van der Waals surface area contributed by atoms with E-state index in [0.717, 1.165) is 37.1 Å². The van der Waals surface area contributed by atoms with Gasteiger partial charge in [0.2, 0.25) is 5.88 Å². The van der Waals surface area contributed by atoms with Crippen LogP contribution in [-0.4, -0.2) is 74.0 Å². The Hall–Kier alpha value is -2.39. The first-order valence-corrected chi connectivity index (χ1v) is 11.1. The average molecular weight is 435 g/mol. The highest BCUT2D eigenvalue weighted by atomic mass is 16.5. The highest BCUT2D eigenvalue weighted by molar-refractivity contribution is 5.82. The summed E-state index contributed by atoms with van der Waals surface area (Å²) < 4.78 is 16.0. The van der Waals surface area contributed by atoms with Gasteiger partial charge in [0, 0.05) is 37.4 Å². The summed E-state index contributed by atoms with van der Waals surface area (Å²) in [5.41, 5.74) is 1.87. The number of amides is 2. The van der Waals surface area contributed by atoms with Crippen molar-refractivity contribution in [3.05, 3.63) is 23.4 Å². The number of hydrogen-bond acceptors (Lipinski definition) is 7. The zero-order valence-electron chi connectivity index (χ0n) is 18.7. The molecule has 1 saturated carbocycles. The summed E-state index contributed by atoms with van der Waals surface area (Å²) in [6.07, 6.45) is 2.56. The highest BCUT2D eigenvalue weighted by Crippen LogP contribution is 2.36. The number of pyridine rings is 1. The third-order valence-corrected chi connectivity index (χ3v) is 5.53. The quantitative estimate of drug-likeness (QED) is 0.542. The molecule has 3 rings (SSSR count). The molecule has 2 fully saturated rings. The number of morpholine rings is 1. The van der Waals surface area contributed by atoms with Gasteiger partial charge in [-0.2, -0.15) is 0 Å². The number of alkyl carbamates (subject to hydrolysis) is 1. The Bertz CT molecular complexity index is 749. The van der Waals surface area contributed by atoms with Crippen LogP contribution < -0.4 is 15.4 Å². The van der Waals surface area contributed by atoms with Gasteiger partial charge >= 0.3 is 6.09 Å². The lowest BCUT2D eigenvalue weighted by molar-refractivity contribution is -0.148. The van der Waals surface area contributed by atoms with Crippen LogP contribution in [0.15, 0.2) is 12.1 Å². The molecule has 2 aliphatic rings. The standard InChI is InChI=1S/C22H34N4O5/c1-4-30-20-13-16(12-17(25-20)6-5-9-24-22(28)29-3)15(2)26(18-7-8-18)21(27)19-14-23-10-11-31-19/h12-13,15,18-19,23H,4-11,14H2,1-3H3,(H,24,28)/t15-,19-/m1/s1. The number of carbonyl (C=O) groups is 2. The maximum Gasteiger partial charge on any atom is 0.406 e. The number of carbonyl (C=O) groups excluding carboxylic acids is 2. The molecule has 0 bridgehead atoms. The number of nitrogens with zero attached hydrogens (tertiary/aromatic N) is 2. The van der Waals surface area contributed by atoms with Crippen molar-refractivity contribution in [3.8, 4) is 5.88 Å². The van der Waals surface area contributed by atoms with Gasteiger partial charge in [-0.15, -0.1) is 0 Å². The fourth-order valence-corrected chi connectivity index (χ4v) is 3.80. The Morgan fingerprint density at radius 3 is 2.84 bits per heavy atom. The molecule has 0 unspecified atom stereocenters. The van der Waals surface area contributed by atoms with Crippen molar-refractivity contribution in [2.24, 2.45) is 0 Å². The second-order valence-electron chi connectivity index (χ2n) is 7.90. The van der Waals surface area contributed by atoms with Gasteiger partial charge in [0.25, 0.3) is 5.91 Å². The predicted molar refractivity (Wildman–Crippen MR) is 115 cm³/mol. The zero-order chi connectivity index (χ0) is 22.2. The molecular formula is C22H34N4O5. The second-order valence-corrected chi connectivity index (χ2v) is 7.90. The molecule has 0 aromatic carbocycles. The molecule has 2 heterocycles. The first kappa shape index (κ1) is 23.3. The first-order chi connectivity index (χ1) is 15.0. The molecular weight excluding hydrogens is 400 g/mol. The van der Waals surface area contributed by atoms with Gasteiger partial charge in [-0.05, 0) is 51.2 Å². The van der Waals surface area contributed by atoms with Crippen LogP contribution in [0.2, 0.25) is 0 Å². The Balaban J connectivity index is 1.73. The number of aromatic nitrogens is 1. The van der Waals surface area contributed by atoms with E-state index in [2.05, 4.69) is 27.3 Å². The zero-order valence-corrected chi connectivity index (χ0v) is 18.7. The second kappa shape index (κ2) is 11.3. The molecule has 1 aliphatic heterocycles. The molecule has 1 saturated heterocycles. The van der Waals surface area contributed by atoms with E-state index in [4.69, 9.17) is 9.47 Å². The molecule has 1 aromatic rings. The highest BCUT2D eigenvalue weighted by Gasteiger charge is 2.40. The van der Waals surface area contributed by atoms with Gasteiger partial charge in [-0.3, -0.25) is 4.79 Å². The topological polar surface area (TPSA) is 102 Å². The molecule has 9 heteroatoms. The SMILES string of the molecule is CCOc1cc([C@@H](C)N(C(=O)[C@H]2CNCCO2)C2CC2)cc(CCCNC(=O)OC)n1. The van der Waals surface area contributed by atoms with E-state index in [-0.39, 0.29) is 18.0 Å². The Morgan fingerprint density at radius 2 is 2.19 bits per heavy atom. The van der Waals surface area contributed by atoms with Crippen LogP contribution in [0, 0.1) is 0 Å². The molecule has 172 valence electrons. The van der Waals surface area contributed by atoms with Crippen LogP contribution in [0.25, 0.3) is 0 Å². The maximum atomic E-state index is 13.3. The van der Waals surface area contributed by atoms with Crippen molar-refractivity contribution in [3.63, 3.8) is 0 Å². The van der Waals surface area contributed by atoms with Crippen molar-refractivity contribution >= 4 is 12.0 Å². The summed E-state index contributed by atoms with van der Waals surface area (Å²) in [4.78, 5) is 31.0. The van der Waals surface area contributed by atoms with Gasteiger partial charge in [0.15, 0.2) is 0 Å². The van der Waals surface area contributed by atoms with Crippen LogP contribution in [0.5, 0.6) is 5.88 Å². The smallest absolute Gasteiger partial charge is 0.406 e. The van der Waals surface area contributed by atoms with Crippen molar-refractivity contribution in [2.75, 3.05) is 40.0 Å². The fraction of sp³-hybridized carbons (Fsp3) is 0.682. The minimum Gasteiger partial charge on any atom is -0.478 e. The summed E-state index contributed by atoms with van der Waals surface area (Å²) in [7, 11) is 1.34. The molecule has 2 atom stereocenters. The number of aryl methyl sites for hydroxylation is 1. The van der Waals surface area contributed by atoms with Crippen molar-refractivity contribution in [1.29, 1.82) is 0 Å². The summed E-state index contributed by atoms with van der Waals surface area (Å²) in [5, 5.41) is 5.92. The lowest BCUT2D eigenvalue weighted by atomic mass is 10.0. The fourth-order valence-electron chi connectivity index (χ4n) is 3.80. The third kappa shape index (κ3) is 6.54. The molecule has 0 radical (unpaired) electrons. The van der Waals surface area contributed by atoms with E-state index in [1.165, 1.54) is 7.11 Å². The largest absolute Gasteiger partial charge is 0.478 e. The van der Waals surface area contributed by atoms with E-state index in [1.807, 2.05) is 24.0 Å². The van der Waals surface area contributed by atoms with Crippen molar-refractivity contribution in [1.82, 2.24) is 20.5 Å². The summed E-state index contributed by atoms with van der Waals surface area (Å²) in [6, 6.07) is 4.10. The minimum atomic E-state index is -0.441. The van der Waals surface area contributed by atoms with Gasteiger partial charge in [-0.1, -0.05) is 0 Å². The Kier molecular flexibility index (Phi) is 8.48. The lowest BCUT2D eigenvalue weighted by Gasteiger charge is -2.34. The molecule has 2 amide bonds. The summed E-state index contributed by atoms with van der Waals surface area (Å²) in [6.45, 7) is 6.87. The van der Waals surface area contributed by atoms with Crippen LogP contribution in [0.4, 0.5) is 4.79 Å². The van der Waals surface area contributed by atoms with Gasteiger partial charge in [0.1, 0.15) is 6.10 Å². The van der Waals surface area contributed by atoms with Crippen LogP contribution in [0.1, 0.15) is 50.4 Å². The lowest BCUT2D eigenvalue weighted by Crippen LogP contribution is -2.50.